The van der Waals surface area contributed by atoms with E-state index in [1.165, 1.54) is 30.2 Å². The van der Waals surface area contributed by atoms with E-state index in [0.717, 1.165) is 15.7 Å². The molecule has 1 fully saturated rings. The lowest BCUT2D eigenvalue weighted by Crippen LogP contribution is -1.99. The van der Waals surface area contributed by atoms with E-state index in [1.54, 1.807) is 0 Å². The average Bonchev–Trinajstić information content (AvgIpc) is 3.05. The maximum Gasteiger partial charge on any atom is 0.214 e. The number of tetrazole rings is 1. The third-order valence-electron chi connectivity index (χ3n) is 2.73. The van der Waals surface area contributed by atoms with Crippen LogP contribution in [0.3, 0.4) is 0 Å². The Hall–Kier alpha value is -1.56. The van der Waals surface area contributed by atoms with E-state index >= 15 is 0 Å². The van der Waals surface area contributed by atoms with Gasteiger partial charge in [0.25, 0.3) is 0 Å². The van der Waals surface area contributed by atoms with Crippen molar-refractivity contribution in [3.63, 3.8) is 0 Å². The molecule has 0 unspecified atom stereocenters. The molecule has 1 aliphatic carbocycles. The summed E-state index contributed by atoms with van der Waals surface area (Å²) >= 11 is 1.53. The number of benzene rings is 1. The molecule has 1 heterocycles. The standard InChI is InChI=1S/C11H13N5S/c1-7-2-5-9(12)10(6-7)17-11-13-14-15-16(11)8-3-4-8/h2,5-6,8H,3-4,12H2,1H3. The van der Waals surface area contributed by atoms with Crippen molar-refractivity contribution in [1.82, 2.24) is 20.2 Å². The molecule has 88 valence electrons. The summed E-state index contributed by atoms with van der Waals surface area (Å²) in [5.41, 5.74) is 7.91. The van der Waals surface area contributed by atoms with Crippen LogP contribution in [0.2, 0.25) is 0 Å². The number of aromatic nitrogens is 4. The first-order valence-electron chi connectivity index (χ1n) is 5.56. The predicted molar refractivity (Wildman–Crippen MR) is 65.8 cm³/mol. The third kappa shape index (κ3) is 2.12. The van der Waals surface area contributed by atoms with Crippen molar-refractivity contribution in [2.75, 3.05) is 5.73 Å². The Bertz CT molecular complexity index is 547. The third-order valence-corrected chi connectivity index (χ3v) is 3.75. The predicted octanol–water partition coefficient (Wildman–Crippen LogP) is 2.05. The van der Waals surface area contributed by atoms with Gasteiger partial charge in [-0.25, -0.2) is 4.68 Å². The minimum Gasteiger partial charge on any atom is -0.398 e. The van der Waals surface area contributed by atoms with Crippen LogP contribution in [0.15, 0.2) is 28.3 Å². The molecular formula is C11H13N5S. The Kier molecular flexibility index (Phi) is 2.51. The first kappa shape index (κ1) is 10.6. The molecule has 2 N–H and O–H groups in total. The van der Waals surface area contributed by atoms with E-state index in [2.05, 4.69) is 21.6 Å². The van der Waals surface area contributed by atoms with E-state index in [0.29, 0.717) is 6.04 Å². The first-order valence-corrected chi connectivity index (χ1v) is 6.37. The molecule has 0 amide bonds. The van der Waals surface area contributed by atoms with Gasteiger partial charge in [0.05, 0.1) is 6.04 Å². The molecule has 17 heavy (non-hydrogen) atoms. The van der Waals surface area contributed by atoms with Gasteiger partial charge in [-0.05, 0) is 59.7 Å². The molecule has 0 atom stereocenters. The summed E-state index contributed by atoms with van der Waals surface area (Å²) in [5.74, 6) is 0. The maximum absolute atomic E-state index is 5.95. The number of nitrogens with zero attached hydrogens (tertiary/aromatic N) is 4. The van der Waals surface area contributed by atoms with Gasteiger partial charge in [-0.2, -0.15) is 0 Å². The minimum atomic E-state index is 0.485. The summed E-state index contributed by atoms with van der Waals surface area (Å²) in [6.45, 7) is 2.05. The zero-order valence-electron chi connectivity index (χ0n) is 9.50. The van der Waals surface area contributed by atoms with Crippen LogP contribution in [-0.4, -0.2) is 20.2 Å². The average molecular weight is 247 g/mol. The van der Waals surface area contributed by atoms with Crippen molar-refractivity contribution in [1.29, 1.82) is 0 Å². The lowest BCUT2D eigenvalue weighted by Gasteiger charge is -2.06. The van der Waals surface area contributed by atoms with Gasteiger partial charge in [0.1, 0.15) is 0 Å². The molecule has 1 saturated carbocycles. The fourth-order valence-corrected chi connectivity index (χ4v) is 2.61. The fourth-order valence-electron chi connectivity index (χ4n) is 1.63. The second-order valence-corrected chi connectivity index (χ2v) is 5.29. The molecule has 0 saturated heterocycles. The number of anilines is 1. The molecule has 2 aromatic rings. The van der Waals surface area contributed by atoms with Crippen LogP contribution in [0, 0.1) is 6.92 Å². The monoisotopic (exact) mass is 247 g/mol. The second kappa shape index (κ2) is 4.03. The number of nitrogens with two attached hydrogens (primary N) is 1. The molecule has 1 aromatic heterocycles. The van der Waals surface area contributed by atoms with Gasteiger partial charge in [-0.3, -0.25) is 0 Å². The summed E-state index contributed by atoms with van der Waals surface area (Å²) in [6.07, 6.45) is 2.34. The number of hydrogen-bond donors (Lipinski definition) is 1. The van der Waals surface area contributed by atoms with Crippen LogP contribution in [0.5, 0.6) is 0 Å². The van der Waals surface area contributed by atoms with Gasteiger partial charge in [-0.1, -0.05) is 6.07 Å². The first-order chi connectivity index (χ1) is 8.24. The van der Waals surface area contributed by atoms with E-state index in [1.807, 2.05) is 23.7 Å². The quantitative estimate of drug-likeness (QED) is 0.841. The topological polar surface area (TPSA) is 69.6 Å². The summed E-state index contributed by atoms with van der Waals surface area (Å²) in [6, 6.07) is 6.47. The molecule has 0 radical (unpaired) electrons. The number of nitrogen functional groups attached to an aromatic ring is 1. The van der Waals surface area contributed by atoms with Crippen molar-refractivity contribution in [3.8, 4) is 0 Å². The Morgan fingerprint density at radius 2 is 2.24 bits per heavy atom. The van der Waals surface area contributed by atoms with Crippen molar-refractivity contribution in [2.24, 2.45) is 0 Å². The molecule has 0 bridgehead atoms. The van der Waals surface area contributed by atoms with Crippen LogP contribution in [0.1, 0.15) is 24.4 Å². The van der Waals surface area contributed by atoms with E-state index in [4.69, 9.17) is 5.73 Å². The van der Waals surface area contributed by atoms with Crippen LogP contribution in [0.4, 0.5) is 5.69 Å². The van der Waals surface area contributed by atoms with Crippen LogP contribution < -0.4 is 5.73 Å². The zero-order chi connectivity index (χ0) is 11.8. The molecular weight excluding hydrogens is 234 g/mol. The Morgan fingerprint density at radius 3 is 3.00 bits per heavy atom. The second-order valence-electron chi connectivity index (χ2n) is 4.28. The summed E-state index contributed by atoms with van der Waals surface area (Å²) < 4.78 is 1.90. The van der Waals surface area contributed by atoms with Crippen LogP contribution >= 0.6 is 11.8 Å². The highest BCUT2D eigenvalue weighted by Crippen LogP contribution is 2.39. The number of aryl methyl sites for hydroxylation is 1. The number of rotatable bonds is 3. The molecule has 3 rings (SSSR count). The van der Waals surface area contributed by atoms with Crippen LogP contribution in [-0.2, 0) is 0 Å². The van der Waals surface area contributed by atoms with Gasteiger partial charge in [0, 0.05) is 10.6 Å². The van der Waals surface area contributed by atoms with Crippen LogP contribution in [0.25, 0.3) is 0 Å². The van der Waals surface area contributed by atoms with Crippen molar-refractivity contribution >= 4 is 17.4 Å². The SMILES string of the molecule is Cc1ccc(N)c(Sc2nnnn2C2CC2)c1. The molecule has 6 heteroatoms. The summed E-state index contributed by atoms with van der Waals surface area (Å²) in [5, 5.41) is 12.6. The smallest absolute Gasteiger partial charge is 0.214 e. The van der Waals surface area contributed by atoms with Gasteiger partial charge in [0.2, 0.25) is 5.16 Å². The van der Waals surface area contributed by atoms with Gasteiger partial charge >= 0.3 is 0 Å². The molecule has 0 spiro atoms. The molecule has 0 aliphatic heterocycles. The lowest BCUT2D eigenvalue weighted by atomic mass is 10.2. The molecule has 1 aliphatic rings. The van der Waals surface area contributed by atoms with Crippen molar-refractivity contribution < 1.29 is 0 Å². The lowest BCUT2D eigenvalue weighted by molar-refractivity contribution is 0.565. The van der Waals surface area contributed by atoms with Crippen molar-refractivity contribution in [2.45, 2.75) is 35.9 Å². The molecule has 5 nitrogen and oxygen atoms in total. The normalized spacial score (nSPS) is 15.1. The van der Waals surface area contributed by atoms with E-state index in [-0.39, 0.29) is 0 Å². The fraction of sp³-hybridized carbons (Fsp3) is 0.364. The zero-order valence-corrected chi connectivity index (χ0v) is 10.3. The van der Waals surface area contributed by atoms with Crippen molar-refractivity contribution in [3.05, 3.63) is 23.8 Å². The largest absolute Gasteiger partial charge is 0.398 e. The van der Waals surface area contributed by atoms with Gasteiger partial charge < -0.3 is 5.73 Å². The van der Waals surface area contributed by atoms with Gasteiger partial charge in [0.15, 0.2) is 0 Å². The maximum atomic E-state index is 5.95. The Morgan fingerprint density at radius 1 is 1.41 bits per heavy atom. The summed E-state index contributed by atoms with van der Waals surface area (Å²) in [7, 11) is 0. The highest BCUT2D eigenvalue weighted by molar-refractivity contribution is 7.99. The Balaban J connectivity index is 1.90. The van der Waals surface area contributed by atoms with E-state index < -0.39 is 0 Å². The summed E-state index contributed by atoms with van der Waals surface area (Å²) in [4.78, 5) is 1.02. The van der Waals surface area contributed by atoms with Gasteiger partial charge in [-0.15, -0.1) is 5.10 Å². The van der Waals surface area contributed by atoms with E-state index in [9.17, 15) is 0 Å². The molecule has 1 aromatic carbocycles. The number of hydrogen-bond acceptors (Lipinski definition) is 5. The highest BCUT2D eigenvalue weighted by Gasteiger charge is 2.28. The highest BCUT2D eigenvalue weighted by atomic mass is 32.2. The minimum absolute atomic E-state index is 0.485. The Labute approximate surface area is 103 Å².